The lowest BCUT2D eigenvalue weighted by Crippen LogP contribution is -2.30. The van der Waals surface area contributed by atoms with Crippen LogP contribution in [-0.4, -0.2) is 96.7 Å². The average molecular weight is 1550 g/mol. The highest BCUT2D eigenvalue weighted by molar-refractivity contribution is 7.47. The Morgan fingerprint density at radius 1 is 0.226 bits per heavy atom. The van der Waals surface area contributed by atoms with Crippen molar-refractivity contribution in [2.75, 3.05) is 39.6 Å². The molecule has 5 atom stereocenters. The second-order valence-corrected chi connectivity index (χ2v) is 34.2. The summed E-state index contributed by atoms with van der Waals surface area (Å²) in [5, 5.41) is 10.7. The third kappa shape index (κ3) is 80.1. The van der Waals surface area contributed by atoms with Gasteiger partial charge in [0.15, 0.2) is 12.2 Å². The Kier molecular flexibility index (Phi) is 79.6. The summed E-state index contributed by atoms with van der Waals surface area (Å²) >= 11 is 0. The number of phosphoric acid groups is 2. The number of rotatable bonds is 88. The molecule has 0 fully saturated rings. The van der Waals surface area contributed by atoms with E-state index in [1.54, 1.807) is 0 Å². The maximum atomic E-state index is 13.2. The van der Waals surface area contributed by atoms with Crippen molar-refractivity contribution in [2.24, 2.45) is 0 Å². The van der Waals surface area contributed by atoms with Crippen LogP contribution in [0.1, 0.15) is 477 Å². The van der Waals surface area contributed by atoms with Gasteiger partial charge < -0.3 is 33.8 Å². The van der Waals surface area contributed by atoms with Gasteiger partial charge in [-0.15, -0.1) is 0 Å². The quantitative estimate of drug-likeness (QED) is 0.0222. The van der Waals surface area contributed by atoms with E-state index in [1.165, 1.54) is 308 Å². The molecule has 17 nitrogen and oxygen atoms in total. The lowest BCUT2D eigenvalue weighted by Gasteiger charge is -2.21. The maximum Gasteiger partial charge on any atom is 0.472 e. The molecule has 0 amide bonds. The molecule has 0 saturated carbocycles. The van der Waals surface area contributed by atoms with Gasteiger partial charge in [-0.05, 0) is 25.7 Å². The number of unbranched alkanes of at least 4 members (excludes halogenated alkanes) is 62. The van der Waals surface area contributed by atoms with Crippen LogP contribution in [0.5, 0.6) is 0 Å². The summed E-state index contributed by atoms with van der Waals surface area (Å²) in [6.07, 6.45) is 76.3. The van der Waals surface area contributed by atoms with Gasteiger partial charge in [0.2, 0.25) is 0 Å². The maximum absolute atomic E-state index is 13.2. The molecule has 630 valence electrons. The van der Waals surface area contributed by atoms with Crippen LogP contribution in [0.2, 0.25) is 0 Å². The number of hydrogen-bond acceptors (Lipinski definition) is 15. The predicted octanol–water partition coefficient (Wildman–Crippen LogP) is 26.9. The van der Waals surface area contributed by atoms with Crippen LogP contribution in [0.15, 0.2) is 0 Å². The summed E-state index contributed by atoms with van der Waals surface area (Å²) in [5.74, 6) is -2.09. The number of phosphoric ester groups is 2. The van der Waals surface area contributed by atoms with Gasteiger partial charge in [-0.3, -0.25) is 37.3 Å². The van der Waals surface area contributed by atoms with E-state index < -0.39 is 97.5 Å². The first-order chi connectivity index (χ1) is 51.7. The zero-order chi connectivity index (χ0) is 77.4. The summed E-state index contributed by atoms with van der Waals surface area (Å²) in [6, 6.07) is 0. The molecule has 0 aliphatic carbocycles. The van der Waals surface area contributed by atoms with Gasteiger partial charge in [0.1, 0.15) is 19.3 Å². The van der Waals surface area contributed by atoms with Crippen molar-refractivity contribution >= 4 is 39.5 Å². The number of carbonyl (C=O) groups is 4. The predicted molar refractivity (Wildman–Crippen MR) is 437 cm³/mol. The van der Waals surface area contributed by atoms with Crippen molar-refractivity contribution in [3.8, 4) is 0 Å². The number of hydrogen-bond donors (Lipinski definition) is 3. The van der Waals surface area contributed by atoms with Crippen molar-refractivity contribution in [1.82, 2.24) is 0 Å². The Labute approximate surface area is 651 Å². The molecule has 0 spiro atoms. The van der Waals surface area contributed by atoms with Gasteiger partial charge in [0.05, 0.1) is 26.4 Å². The van der Waals surface area contributed by atoms with Crippen LogP contribution in [0, 0.1) is 0 Å². The summed E-state index contributed by atoms with van der Waals surface area (Å²) in [4.78, 5) is 73.3. The van der Waals surface area contributed by atoms with Crippen molar-refractivity contribution in [3.63, 3.8) is 0 Å². The molecule has 0 radical (unpaired) electrons. The average Bonchev–Trinajstić information content (AvgIpc) is 0.907. The van der Waals surface area contributed by atoms with Gasteiger partial charge in [0, 0.05) is 25.7 Å². The smallest absolute Gasteiger partial charge is 0.462 e. The highest BCUT2D eigenvalue weighted by Crippen LogP contribution is 2.45. The molecule has 0 rings (SSSR count). The summed E-state index contributed by atoms with van der Waals surface area (Å²) in [5.41, 5.74) is 0. The fraction of sp³-hybridized carbons (Fsp3) is 0.954. The van der Waals surface area contributed by atoms with Crippen molar-refractivity contribution < 1.29 is 80.2 Å². The molecule has 3 N–H and O–H groups in total. The molecule has 2 unspecified atom stereocenters. The highest BCUT2D eigenvalue weighted by Gasteiger charge is 2.30. The Morgan fingerprint density at radius 3 is 0.557 bits per heavy atom. The molecule has 0 bridgehead atoms. The fourth-order valence-electron chi connectivity index (χ4n) is 13.7. The van der Waals surface area contributed by atoms with E-state index in [1.807, 2.05) is 0 Å². The number of ether oxygens (including phenoxy) is 4. The van der Waals surface area contributed by atoms with E-state index in [9.17, 15) is 43.2 Å². The van der Waals surface area contributed by atoms with Gasteiger partial charge in [0.25, 0.3) is 0 Å². The topological polar surface area (TPSA) is 237 Å². The summed E-state index contributed by atoms with van der Waals surface area (Å²) in [7, 11) is -9.93. The van der Waals surface area contributed by atoms with Crippen molar-refractivity contribution in [1.29, 1.82) is 0 Å². The van der Waals surface area contributed by atoms with E-state index in [0.29, 0.717) is 25.7 Å². The Bertz CT molecular complexity index is 2000. The second kappa shape index (κ2) is 81.1. The van der Waals surface area contributed by atoms with Gasteiger partial charge in [-0.25, -0.2) is 9.13 Å². The first kappa shape index (κ1) is 104. The molecule has 0 aromatic carbocycles. The molecule has 0 heterocycles. The van der Waals surface area contributed by atoms with E-state index in [4.69, 9.17) is 37.0 Å². The number of aliphatic hydroxyl groups is 1. The normalized spacial score (nSPS) is 13.7. The Morgan fingerprint density at radius 2 is 0.377 bits per heavy atom. The number of aliphatic hydroxyl groups excluding tert-OH is 1. The second-order valence-electron chi connectivity index (χ2n) is 31.3. The number of carbonyl (C=O) groups excluding carboxylic acids is 4. The molecule has 0 aliphatic rings. The fourth-order valence-corrected chi connectivity index (χ4v) is 15.3. The zero-order valence-electron chi connectivity index (χ0n) is 69.4. The lowest BCUT2D eigenvalue weighted by molar-refractivity contribution is -0.161. The Hall–Kier alpha value is -1.94. The first-order valence-electron chi connectivity index (χ1n) is 45.3. The summed E-state index contributed by atoms with van der Waals surface area (Å²) in [6.45, 7) is 5.07. The molecule has 106 heavy (non-hydrogen) atoms. The van der Waals surface area contributed by atoms with E-state index in [0.717, 1.165) is 89.9 Å². The zero-order valence-corrected chi connectivity index (χ0v) is 71.2. The van der Waals surface area contributed by atoms with Crippen molar-refractivity contribution in [3.05, 3.63) is 0 Å². The monoisotopic (exact) mass is 1550 g/mol. The molecule has 0 aliphatic heterocycles. The third-order valence-electron chi connectivity index (χ3n) is 20.6. The van der Waals surface area contributed by atoms with Crippen LogP contribution in [0.25, 0.3) is 0 Å². The SMILES string of the molecule is CCCCCCCCCCCCCCCCCCCCCCCC(=O)O[C@H](COC(=O)CCCCCCCCCCCCCCCCCCCCC)COP(=O)(O)OC[C@@H](O)COP(=O)(O)OC[C@@H](COC(=O)CCCCCCCCCCCCCCC)OC(=O)CCCCCCCCCCCCCCC. The standard InChI is InChI=1S/C87H170O17P2/c1-5-9-13-17-21-25-29-33-35-37-39-40-42-44-46-50-54-58-62-66-70-74-87(92)104-83(78-98-85(90)72-68-64-60-56-52-49-45-43-41-38-36-34-30-26-22-18-14-10-6-2)80-102-106(95,96)100-76-81(88)75-99-105(93,94)101-79-82(103-86(91)73-69-65-61-57-53-48-32-28-24-20-16-12-8-4)77-97-84(89)71-67-63-59-55-51-47-31-27-23-19-15-11-7-3/h81-83,88H,5-80H2,1-4H3,(H,93,94)(H,95,96)/t81-,82+,83+/m0/s1. The minimum Gasteiger partial charge on any atom is -0.462 e. The van der Waals surface area contributed by atoms with E-state index in [-0.39, 0.29) is 25.7 Å². The summed E-state index contributed by atoms with van der Waals surface area (Å²) < 4.78 is 68.9. The largest absolute Gasteiger partial charge is 0.472 e. The van der Waals surface area contributed by atoms with Gasteiger partial charge in [-0.2, -0.15) is 0 Å². The van der Waals surface area contributed by atoms with Gasteiger partial charge in [-0.1, -0.05) is 426 Å². The van der Waals surface area contributed by atoms with Crippen LogP contribution in [0.4, 0.5) is 0 Å². The molecule has 0 aromatic heterocycles. The minimum atomic E-state index is -4.97. The highest BCUT2D eigenvalue weighted by atomic mass is 31.2. The van der Waals surface area contributed by atoms with E-state index >= 15 is 0 Å². The molecule has 0 saturated heterocycles. The first-order valence-corrected chi connectivity index (χ1v) is 48.3. The molecule has 0 aromatic rings. The van der Waals surface area contributed by atoms with Crippen LogP contribution >= 0.6 is 15.6 Å². The molecular formula is C87H170O17P2. The molecular weight excluding hydrogens is 1380 g/mol. The third-order valence-corrected chi connectivity index (χ3v) is 22.5. The Balaban J connectivity index is 5.23. The minimum absolute atomic E-state index is 0.109. The molecule has 19 heteroatoms. The van der Waals surface area contributed by atoms with Gasteiger partial charge >= 0.3 is 39.5 Å². The van der Waals surface area contributed by atoms with Crippen LogP contribution in [-0.2, 0) is 65.4 Å². The van der Waals surface area contributed by atoms with Crippen molar-refractivity contribution in [2.45, 2.75) is 495 Å². The van der Waals surface area contributed by atoms with E-state index in [2.05, 4.69) is 27.7 Å². The number of esters is 4. The van der Waals surface area contributed by atoms with Crippen LogP contribution in [0.3, 0.4) is 0 Å². The lowest BCUT2D eigenvalue weighted by atomic mass is 10.0. The van der Waals surface area contributed by atoms with Crippen LogP contribution < -0.4 is 0 Å².